The number of amides is 1. The first kappa shape index (κ1) is 22.6. The number of nitrogens with one attached hydrogen (secondary N) is 1. The topological polar surface area (TPSA) is 96.1 Å². The summed E-state index contributed by atoms with van der Waals surface area (Å²) in [4.78, 5) is 17.9. The highest BCUT2D eigenvalue weighted by Crippen LogP contribution is 2.25. The molecule has 0 radical (unpaired) electrons. The molecule has 4 rings (SSSR count). The van der Waals surface area contributed by atoms with Crippen LogP contribution >= 0.6 is 0 Å². The average Bonchev–Trinajstić information content (AvgIpc) is 3.43. The van der Waals surface area contributed by atoms with Crippen LogP contribution in [0.25, 0.3) is 11.0 Å². The lowest BCUT2D eigenvalue weighted by molar-refractivity contribution is -0.145. The number of rotatable bonds is 10. The Morgan fingerprint density at radius 2 is 1.73 bits per heavy atom. The maximum Gasteiger partial charge on any atom is 0.274 e. The summed E-state index contributed by atoms with van der Waals surface area (Å²) in [5, 5.41) is 11.2. The lowest BCUT2D eigenvalue weighted by Gasteiger charge is -2.18. The highest BCUT2D eigenvalue weighted by Gasteiger charge is 2.24. The molecule has 2 heterocycles. The first-order valence-corrected chi connectivity index (χ1v) is 11.0. The van der Waals surface area contributed by atoms with E-state index in [0.29, 0.717) is 19.8 Å². The fourth-order valence-corrected chi connectivity index (χ4v) is 3.74. The quantitative estimate of drug-likeness (QED) is 0.375. The molecular weight excluding hydrogens is 420 g/mol. The van der Waals surface area contributed by atoms with Gasteiger partial charge in [-0.15, -0.1) is 5.10 Å². The van der Waals surface area contributed by atoms with E-state index in [4.69, 9.17) is 14.5 Å². The van der Waals surface area contributed by atoms with E-state index in [2.05, 4.69) is 15.6 Å². The summed E-state index contributed by atoms with van der Waals surface area (Å²) in [6, 6.07) is 17.2. The maximum atomic E-state index is 13.2. The summed E-state index contributed by atoms with van der Waals surface area (Å²) >= 11 is 0. The van der Waals surface area contributed by atoms with Crippen LogP contribution in [0.2, 0.25) is 0 Å². The summed E-state index contributed by atoms with van der Waals surface area (Å²) in [7, 11) is 1.95. The minimum atomic E-state index is -0.458. The highest BCUT2D eigenvalue weighted by atomic mass is 16.7. The molecule has 0 aliphatic rings. The molecule has 0 bridgehead atoms. The monoisotopic (exact) mass is 448 g/mol. The van der Waals surface area contributed by atoms with Gasteiger partial charge in [0.1, 0.15) is 11.9 Å². The van der Waals surface area contributed by atoms with Crippen LogP contribution in [-0.2, 0) is 23.1 Å². The van der Waals surface area contributed by atoms with Crippen LogP contribution in [-0.4, -0.2) is 50.0 Å². The number of carbonyl (C=O) groups excluding carboxylic acids is 1. The van der Waals surface area contributed by atoms with Gasteiger partial charge in [0.15, 0.2) is 12.0 Å². The molecule has 0 aliphatic carbocycles. The van der Waals surface area contributed by atoms with E-state index in [1.807, 2.05) is 80.1 Å². The van der Waals surface area contributed by atoms with Gasteiger partial charge in [0.2, 0.25) is 0 Å². The first-order chi connectivity index (χ1) is 16.1. The van der Waals surface area contributed by atoms with Gasteiger partial charge in [0.25, 0.3) is 5.91 Å². The van der Waals surface area contributed by atoms with Crippen molar-refractivity contribution >= 4 is 16.9 Å². The SMILES string of the molecule is CCOC(Cn1cc(C(=O)NC(c2ccccc2)c2nc3ccccc3n2C)nn1)OCC. The maximum absolute atomic E-state index is 13.2. The molecule has 0 saturated heterocycles. The van der Waals surface area contributed by atoms with E-state index >= 15 is 0 Å². The number of ether oxygens (including phenoxy) is 2. The fraction of sp³-hybridized carbons (Fsp3) is 0.333. The van der Waals surface area contributed by atoms with Gasteiger partial charge in [-0.2, -0.15) is 0 Å². The first-order valence-electron chi connectivity index (χ1n) is 11.0. The van der Waals surface area contributed by atoms with Crippen molar-refractivity contribution in [2.75, 3.05) is 13.2 Å². The second-order valence-electron chi connectivity index (χ2n) is 7.50. The van der Waals surface area contributed by atoms with Crippen LogP contribution in [0.4, 0.5) is 0 Å². The molecule has 0 aliphatic heterocycles. The number of para-hydroxylation sites is 2. The van der Waals surface area contributed by atoms with E-state index in [0.717, 1.165) is 22.4 Å². The summed E-state index contributed by atoms with van der Waals surface area (Å²) in [6.07, 6.45) is 1.15. The van der Waals surface area contributed by atoms with Crippen LogP contribution in [0, 0.1) is 0 Å². The van der Waals surface area contributed by atoms with Crippen molar-refractivity contribution in [2.24, 2.45) is 7.05 Å². The van der Waals surface area contributed by atoms with Crippen LogP contribution < -0.4 is 5.32 Å². The molecule has 0 saturated carbocycles. The molecule has 0 fully saturated rings. The van der Waals surface area contributed by atoms with Gasteiger partial charge >= 0.3 is 0 Å². The number of nitrogens with zero attached hydrogens (tertiary/aromatic N) is 5. The number of carbonyl (C=O) groups is 1. The summed E-state index contributed by atoms with van der Waals surface area (Å²) in [5.41, 5.74) is 2.99. The molecule has 9 nitrogen and oxygen atoms in total. The van der Waals surface area contributed by atoms with Crippen molar-refractivity contribution in [3.05, 3.63) is 77.9 Å². The molecule has 1 unspecified atom stereocenters. The second-order valence-corrected chi connectivity index (χ2v) is 7.50. The standard InChI is InChI=1S/C24H28N6O3/c1-4-32-21(33-5-2)16-30-15-19(27-28-30)24(31)26-22(17-11-7-6-8-12-17)23-25-18-13-9-10-14-20(18)29(23)3/h6-15,21-22H,4-5,16H2,1-3H3,(H,26,31). The smallest absolute Gasteiger partial charge is 0.274 e. The predicted octanol–water partition coefficient (Wildman–Crippen LogP) is 3.08. The average molecular weight is 449 g/mol. The largest absolute Gasteiger partial charge is 0.351 e. The number of benzene rings is 2. The molecule has 4 aromatic rings. The zero-order valence-electron chi connectivity index (χ0n) is 19.0. The van der Waals surface area contributed by atoms with Crippen LogP contribution in [0.1, 0.15) is 41.8 Å². The van der Waals surface area contributed by atoms with Gasteiger partial charge in [-0.05, 0) is 31.5 Å². The molecule has 172 valence electrons. The van der Waals surface area contributed by atoms with E-state index < -0.39 is 12.3 Å². The third kappa shape index (κ3) is 5.10. The lowest BCUT2D eigenvalue weighted by Crippen LogP contribution is -2.31. The molecule has 1 atom stereocenters. The molecule has 2 aromatic carbocycles. The molecule has 1 amide bonds. The number of aryl methyl sites for hydroxylation is 1. The van der Waals surface area contributed by atoms with Crippen LogP contribution in [0.3, 0.4) is 0 Å². The molecule has 0 spiro atoms. The highest BCUT2D eigenvalue weighted by molar-refractivity contribution is 5.92. The van der Waals surface area contributed by atoms with Crippen LogP contribution in [0.15, 0.2) is 60.8 Å². The predicted molar refractivity (Wildman–Crippen MR) is 124 cm³/mol. The number of hydrogen-bond donors (Lipinski definition) is 1. The molecule has 1 N–H and O–H groups in total. The van der Waals surface area contributed by atoms with Gasteiger partial charge in [-0.1, -0.05) is 47.7 Å². The van der Waals surface area contributed by atoms with Gasteiger partial charge in [0, 0.05) is 20.3 Å². The number of imidazole rings is 1. The van der Waals surface area contributed by atoms with Crippen molar-refractivity contribution < 1.29 is 14.3 Å². The minimum Gasteiger partial charge on any atom is -0.351 e. The van der Waals surface area contributed by atoms with E-state index in [9.17, 15) is 4.79 Å². The Labute approximate surface area is 192 Å². The molecule has 2 aromatic heterocycles. The van der Waals surface area contributed by atoms with Gasteiger partial charge in [0.05, 0.1) is 23.8 Å². The normalized spacial score (nSPS) is 12.4. The molecule has 9 heteroatoms. The van der Waals surface area contributed by atoms with Crippen molar-refractivity contribution in [3.8, 4) is 0 Å². The number of fused-ring (bicyclic) bond motifs is 1. The third-order valence-electron chi connectivity index (χ3n) is 5.30. The Hall–Kier alpha value is -3.56. The summed E-state index contributed by atoms with van der Waals surface area (Å²) in [5.74, 6) is 0.391. The Balaban J connectivity index is 1.59. The molecule has 33 heavy (non-hydrogen) atoms. The Morgan fingerprint density at radius 3 is 2.42 bits per heavy atom. The van der Waals surface area contributed by atoms with Crippen molar-refractivity contribution in [1.82, 2.24) is 29.9 Å². The van der Waals surface area contributed by atoms with E-state index in [1.54, 1.807) is 10.9 Å². The van der Waals surface area contributed by atoms with Crippen molar-refractivity contribution in [1.29, 1.82) is 0 Å². The minimum absolute atomic E-state index is 0.210. The van der Waals surface area contributed by atoms with Gasteiger partial charge < -0.3 is 19.4 Å². The van der Waals surface area contributed by atoms with E-state index in [-0.39, 0.29) is 11.6 Å². The second kappa shape index (κ2) is 10.4. The lowest BCUT2D eigenvalue weighted by atomic mass is 10.1. The Morgan fingerprint density at radius 1 is 1.03 bits per heavy atom. The summed E-state index contributed by atoms with van der Waals surface area (Å²) < 4.78 is 14.7. The number of aromatic nitrogens is 5. The van der Waals surface area contributed by atoms with Gasteiger partial charge in [-0.25, -0.2) is 9.67 Å². The Kier molecular flexibility index (Phi) is 7.11. The van der Waals surface area contributed by atoms with Gasteiger partial charge in [-0.3, -0.25) is 4.79 Å². The zero-order chi connectivity index (χ0) is 23.2. The number of hydrogen-bond acceptors (Lipinski definition) is 6. The Bertz CT molecular complexity index is 1200. The summed E-state index contributed by atoms with van der Waals surface area (Å²) in [6.45, 7) is 5.18. The zero-order valence-corrected chi connectivity index (χ0v) is 19.0. The van der Waals surface area contributed by atoms with E-state index in [1.165, 1.54) is 0 Å². The van der Waals surface area contributed by atoms with Crippen LogP contribution in [0.5, 0.6) is 0 Å². The fourth-order valence-electron chi connectivity index (χ4n) is 3.74. The molecular formula is C24H28N6O3. The van der Waals surface area contributed by atoms with Crippen molar-refractivity contribution in [3.63, 3.8) is 0 Å². The third-order valence-corrected chi connectivity index (χ3v) is 5.30. The van der Waals surface area contributed by atoms with Crippen molar-refractivity contribution in [2.45, 2.75) is 32.7 Å².